The van der Waals surface area contributed by atoms with Crippen LogP contribution in [0.25, 0.3) is 0 Å². The summed E-state index contributed by atoms with van der Waals surface area (Å²) < 4.78 is 0. The lowest BCUT2D eigenvalue weighted by molar-refractivity contribution is 0.570. The molecule has 0 saturated heterocycles. The van der Waals surface area contributed by atoms with Crippen LogP contribution in [0.3, 0.4) is 0 Å². The molecule has 3 nitrogen and oxygen atoms in total. The van der Waals surface area contributed by atoms with Crippen LogP contribution in [0, 0.1) is 0 Å². The minimum Gasteiger partial charge on any atom is -0.499 e. The van der Waals surface area contributed by atoms with Gasteiger partial charge in [0.05, 0.1) is 0 Å². The third kappa shape index (κ3) is 6.61. The Morgan fingerprint density at radius 3 is 1.05 bits per heavy atom. The number of benzene rings is 2. The first kappa shape index (κ1) is 17.2. The van der Waals surface area contributed by atoms with E-state index < -0.39 is 0 Å². The van der Waals surface area contributed by atoms with Crippen molar-refractivity contribution in [2.75, 3.05) is 0 Å². The lowest BCUT2D eigenvalue weighted by atomic mass is 10.2. The highest BCUT2D eigenvalue weighted by Crippen LogP contribution is 1.98. The van der Waals surface area contributed by atoms with Crippen LogP contribution in [-0.4, -0.2) is 25.8 Å². The number of thiocarbonyl (C=S) groups is 2. The number of aliphatic hydroxyl groups is 2. The Morgan fingerprint density at radius 1 is 0.632 bits per heavy atom. The average molecular weight is 294 g/mol. The molecule has 0 fully saturated rings. The molecule has 0 radical (unpaired) electrons. The van der Waals surface area contributed by atoms with E-state index in [9.17, 15) is 0 Å². The molecule has 19 heavy (non-hydrogen) atoms. The van der Waals surface area contributed by atoms with Gasteiger partial charge in [0.1, 0.15) is 0 Å². The summed E-state index contributed by atoms with van der Waals surface area (Å²) in [5.41, 5.74) is 1.40. The summed E-state index contributed by atoms with van der Waals surface area (Å²) in [7, 11) is 0. The van der Waals surface area contributed by atoms with E-state index in [1.165, 1.54) is 0 Å². The molecule has 0 saturated carbocycles. The molecule has 100 valence electrons. The minimum atomic E-state index is -0.0457. The largest absolute Gasteiger partial charge is 0.499 e. The number of aliphatic hydroxyl groups excluding tert-OH is 2. The Hall–Kier alpha value is -1.82. The van der Waals surface area contributed by atoms with Gasteiger partial charge in [-0.15, -0.1) is 0 Å². The van der Waals surface area contributed by atoms with Gasteiger partial charge in [0.2, 0.25) is 0 Å². The molecule has 0 unspecified atom stereocenters. The van der Waals surface area contributed by atoms with Gasteiger partial charge in [0.25, 0.3) is 0 Å². The Balaban J connectivity index is 0.000000324. The van der Waals surface area contributed by atoms with Gasteiger partial charge in [0.15, 0.2) is 10.1 Å². The van der Waals surface area contributed by atoms with Gasteiger partial charge in [0, 0.05) is 11.1 Å². The fourth-order valence-electron chi connectivity index (χ4n) is 1.16. The predicted molar refractivity (Wildman–Crippen MR) is 85.2 cm³/mol. The molecule has 0 heterocycles. The molecule has 0 aliphatic carbocycles. The first-order valence-corrected chi connectivity index (χ1v) is 5.99. The normalized spacial score (nSPS) is 8.42. The van der Waals surface area contributed by atoms with Gasteiger partial charge < -0.3 is 15.7 Å². The van der Waals surface area contributed by atoms with Crippen molar-refractivity contribution < 1.29 is 15.7 Å². The Morgan fingerprint density at radius 2 is 0.895 bits per heavy atom. The summed E-state index contributed by atoms with van der Waals surface area (Å²) in [6.45, 7) is 0. The number of rotatable bonds is 2. The number of hydrogen-bond donors (Lipinski definition) is 2. The molecule has 4 N–H and O–H groups in total. The molecule has 0 aliphatic heterocycles. The molecule has 0 aromatic heterocycles. The average Bonchev–Trinajstić information content (AvgIpc) is 2.41. The van der Waals surface area contributed by atoms with E-state index in [-0.39, 0.29) is 15.6 Å². The molecule has 0 atom stereocenters. The summed E-state index contributed by atoms with van der Waals surface area (Å²) in [5, 5.41) is 17.4. The second-order valence-corrected chi connectivity index (χ2v) is 4.12. The summed E-state index contributed by atoms with van der Waals surface area (Å²) in [5.74, 6) is 0. The predicted octanol–water partition coefficient (Wildman–Crippen LogP) is 3.02. The molecule has 2 aromatic rings. The van der Waals surface area contributed by atoms with Crippen molar-refractivity contribution >= 4 is 34.5 Å². The zero-order valence-electron chi connectivity index (χ0n) is 9.98. The molecule has 0 spiro atoms. The first-order valence-electron chi connectivity index (χ1n) is 5.18. The second-order valence-electron chi connectivity index (χ2n) is 3.34. The minimum absolute atomic E-state index is 0. The van der Waals surface area contributed by atoms with Gasteiger partial charge in [-0.05, 0) is 24.4 Å². The lowest BCUT2D eigenvalue weighted by Gasteiger charge is -1.91. The van der Waals surface area contributed by atoms with Crippen molar-refractivity contribution in [1.82, 2.24) is 0 Å². The zero-order valence-corrected chi connectivity index (χ0v) is 11.6. The van der Waals surface area contributed by atoms with Crippen LogP contribution in [0.5, 0.6) is 0 Å². The van der Waals surface area contributed by atoms with Crippen molar-refractivity contribution in [2.24, 2.45) is 0 Å². The van der Waals surface area contributed by atoms with Crippen LogP contribution < -0.4 is 0 Å². The lowest BCUT2D eigenvalue weighted by Crippen LogP contribution is -1.91. The topological polar surface area (TPSA) is 72.0 Å². The van der Waals surface area contributed by atoms with E-state index in [2.05, 4.69) is 24.4 Å². The highest BCUT2D eigenvalue weighted by Gasteiger charge is 1.92. The summed E-state index contributed by atoms with van der Waals surface area (Å²) >= 11 is 9.04. The molecular formula is C14H14O3S2. The van der Waals surface area contributed by atoms with Crippen LogP contribution in [0.15, 0.2) is 60.7 Å². The molecule has 2 aromatic carbocycles. The van der Waals surface area contributed by atoms with Crippen LogP contribution in [0.4, 0.5) is 0 Å². The van der Waals surface area contributed by atoms with Crippen LogP contribution in [0.1, 0.15) is 11.1 Å². The quantitative estimate of drug-likeness (QED) is 0.835. The maximum atomic E-state index is 8.76. The van der Waals surface area contributed by atoms with E-state index in [0.29, 0.717) is 11.1 Å². The van der Waals surface area contributed by atoms with Gasteiger partial charge >= 0.3 is 0 Å². The third-order valence-electron chi connectivity index (χ3n) is 2.04. The Labute approximate surface area is 122 Å². The zero-order chi connectivity index (χ0) is 13.4. The Bertz CT molecular complexity index is 463. The second kappa shape index (κ2) is 9.16. The SMILES string of the molecule is O.OC(=S)c1ccccc1.OC(=S)c1ccccc1. The van der Waals surface area contributed by atoms with Gasteiger partial charge in [-0.2, -0.15) is 0 Å². The fourth-order valence-corrected chi connectivity index (χ4v) is 1.43. The molecule has 0 aliphatic rings. The standard InChI is InChI=1S/2C7H6OS.H2O/c2*8-7(9)6-4-2-1-3-5-6;/h2*1-5H,(H,8,9);1H2. The van der Waals surface area contributed by atoms with Crippen LogP contribution >= 0.6 is 24.4 Å². The smallest absolute Gasteiger partial charge is 0.188 e. The maximum Gasteiger partial charge on any atom is 0.188 e. The fraction of sp³-hybridized carbons (Fsp3) is 0. The van der Waals surface area contributed by atoms with E-state index in [0.717, 1.165) is 0 Å². The van der Waals surface area contributed by atoms with Crippen molar-refractivity contribution in [1.29, 1.82) is 0 Å². The van der Waals surface area contributed by atoms with Crippen LogP contribution in [0.2, 0.25) is 0 Å². The Kier molecular flexibility index (Phi) is 8.28. The molecule has 2 rings (SSSR count). The van der Waals surface area contributed by atoms with E-state index in [4.69, 9.17) is 10.2 Å². The van der Waals surface area contributed by atoms with Crippen molar-refractivity contribution in [3.05, 3.63) is 71.8 Å². The van der Waals surface area contributed by atoms with Crippen LogP contribution in [-0.2, 0) is 0 Å². The highest BCUT2D eigenvalue weighted by molar-refractivity contribution is 7.80. The van der Waals surface area contributed by atoms with Gasteiger partial charge in [-0.25, -0.2) is 0 Å². The first-order chi connectivity index (χ1) is 8.61. The van der Waals surface area contributed by atoms with Crippen molar-refractivity contribution in [3.8, 4) is 0 Å². The van der Waals surface area contributed by atoms with E-state index in [1.54, 1.807) is 24.3 Å². The maximum absolute atomic E-state index is 8.76. The molecule has 0 amide bonds. The van der Waals surface area contributed by atoms with Gasteiger partial charge in [-0.1, -0.05) is 60.7 Å². The molecular weight excluding hydrogens is 280 g/mol. The van der Waals surface area contributed by atoms with E-state index in [1.807, 2.05) is 36.4 Å². The summed E-state index contributed by atoms with van der Waals surface area (Å²) in [4.78, 5) is 0. The third-order valence-corrected chi connectivity index (χ3v) is 2.51. The molecule has 0 bridgehead atoms. The monoisotopic (exact) mass is 294 g/mol. The van der Waals surface area contributed by atoms with Gasteiger partial charge in [-0.3, -0.25) is 0 Å². The van der Waals surface area contributed by atoms with Crippen molar-refractivity contribution in [2.45, 2.75) is 0 Å². The highest BCUT2D eigenvalue weighted by atomic mass is 32.1. The van der Waals surface area contributed by atoms with Crippen molar-refractivity contribution in [3.63, 3.8) is 0 Å². The summed E-state index contributed by atoms with van der Waals surface area (Å²) in [6, 6.07) is 18.1. The summed E-state index contributed by atoms with van der Waals surface area (Å²) in [6.07, 6.45) is 0. The number of hydrogen-bond acceptors (Lipinski definition) is 2. The van der Waals surface area contributed by atoms with E-state index >= 15 is 0 Å². The molecule has 5 heteroatoms.